The summed E-state index contributed by atoms with van der Waals surface area (Å²) in [6, 6.07) is 0.153. The lowest BCUT2D eigenvalue weighted by Crippen LogP contribution is -2.53. The van der Waals surface area contributed by atoms with E-state index in [-0.39, 0.29) is 17.5 Å². The first-order valence-corrected chi connectivity index (χ1v) is 6.04. The zero-order chi connectivity index (χ0) is 12.2. The van der Waals surface area contributed by atoms with Crippen molar-refractivity contribution < 1.29 is 9.53 Å². The van der Waals surface area contributed by atoms with Crippen LogP contribution in [-0.2, 0) is 9.53 Å². The van der Waals surface area contributed by atoms with Crippen LogP contribution in [-0.4, -0.2) is 36.7 Å². The SMILES string of the molecule is CC(NC1CCCOC1)C(=O)NC(C)(C)C. The minimum Gasteiger partial charge on any atom is -0.380 e. The van der Waals surface area contributed by atoms with E-state index >= 15 is 0 Å². The first-order valence-electron chi connectivity index (χ1n) is 6.04. The number of hydrogen-bond donors (Lipinski definition) is 2. The van der Waals surface area contributed by atoms with Crippen molar-refractivity contribution >= 4 is 5.91 Å². The molecule has 1 aliphatic rings. The van der Waals surface area contributed by atoms with Gasteiger partial charge in [0.15, 0.2) is 0 Å². The molecule has 0 aromatic rings. The Balaban J connectivity index is 2.33. The monoisotopic (exact) mass is 228 g/mol. The molecule has 16 heavy (non-hydrogen) atoms. The summed E-state index contributed by atoms with van der Waals surface area (Å²) in [4.78, 5) is 11.8. The maximum absolute atomic E-state index is 11.8. The van der Waals surface area contributed by atoms with Crippen LogP contribution in [0.4, 0.5) is 0 Å². The Morgan fingerprint density at radius 2 is 2.12 bits per heavy atom. The van der Waals surface area contributed by atoms with E-state index in [1.807, 2.05) is 27.7 Å². The Bertz CT molecular complexity index is 230. The Morgan fingerprint density at radius 1 is 1.44 bits per heavy atom. The smallest absolute Gasteiger partial charge is 0.237 e. The van der Waals surface area contributed by atoms with Gasteiger partial charge in [0.1, 0.15) is 0 Å². The molecule has 2 atom stereocenters. The Kier molecular flexibility index (Phi) is 4.74. The molecule has 1 fully saturated rings. The number of rotatable bonds is 3. The summed E-state index contributed by atoms with van der Waals surface area (Å²) < 4.78 is 5.37. The molecule has 94 valence electrons. The second kappa shape index (κ2) is 5.64. The number of amides is 1. The highest BCUT2D eigenvalue weighted by atomic mass is 16.5. The van der Waals surface area contributed by atoms with E-state index in [9.17, 15) is 4.79 Å². The molecule has 0 spiro atoms. The van der Waals surface area contributed by atoms with Gasteiger partial charge < -0.3 is 15.4 Å². The fraction of sp³-hybridized carbons (Fsp3) is 0.917. The highest BCUT2D eigenvalue weighted by molar-refractivity contribution is 5.81. The minimum absolute atomic E-state index is 0.0538. The normalized spacial score (nSPS) is 23.9. The molecule has 4 heteroatoms. The molecule has 0 radical (unpaired) electrons. The second-order valence-electron chi connectivity index (χ2n) is 5.54. The van der Waals surface area contributed by atoms with Crippen molar-refractivity contribution in [1.82, 2.24) is 10.6 Å². The van der Waals surface area contributed by atoms with Gasteiger partial charge in [-0.15, -0.1) is 0 Å². The van der Waals surface area contributed by atoms with Gasteiger partial charge in [-0.05, 0) is 40.5 Å². The van der Waals surface area contributed by atoms with Gasteiger partial charge in [0.25, 0.3) is 0 Å². The first-order chi connectivity index (χ1) is 7.38. The molecule has 0 saturated carbocycles. The zero-order valence-corrected chi connectivity index (χ0v) is 10.8. The van der Waals surface area contributed by atoms with E-state index in [1.54, 1.807) is 0 Å². The Morgan fingerprint density at radius 3 is 2.62 bits per heavy atom. The van der Waals surface area contributed by atoms with Crippen molar-refractivity contribution in [3.8, 4) is 0 Å². The predicted molar refractivity (Wildman–Crippen MR) is 64.3 cm³/mol. The average molecular weight is 228 g/mol. The molecule has 2 N–H and O–H groups in total. The summed E-state index contributed by atoms with van der Waals surface area (Å²) in [6.45, 7) is 9.42. The molecular formula is C12H24N2O2. The lowest BCUT2D eigenvalue weighted by atomic mass is 10.1. The summed E-state index contributed by atoms with van der Waals surface area (Å²) in [5, 5.41) is 6.27. The third-order valence-corrected chi connectivity index (χ3v) is 2.54. The van der Waals surface area contributed by atoms with E-state index in [4.69, 9.17) is 4.74 Å². The summed E-state index contributed by atoms with van der Waals surface area (Å²) in [6.07, 6.45) is 2.17. The van der Waals surface area contributed by atoms with Gasteiger partial charge in [-0.2, -0.15) is 0 Å². The zero-order valence-electron chi connectivity index (χ0n) is 10.8. The fourth-order valence-electron chi connectivity index (χ4n) is 1.78. The molecule has 1 amide bonds. The van der Waals surface area contributed by atoms with Crippen LogP contribution in [0.25, 0.3) is 0 Å². The molecule has 0 aliphatic carbocycles. The number of carbonyl (C=O) groups is 1. The Hall–Kier alpha value is -0.610. The quantitative estimate of drug-likeness (QED) is 0.759. The first kappa shape index (κ1) is 13.5. The van der Waals surface area contributed by atoms with Gasteiger partial charge >= 0.3 is 0 Å². The number of carbonyl (C=O) groups excluding carboxylic acids is 1. The molecular weight excluding hydrogens is 204 g/mol. The van der Waals surface area contributed by atoms with Crippen molar-refractivity contribution in [2.75, 3.05) is 13.2 Å². The second-order valence-corrected chi connectivity index (χ2v) is 5.54. The van der Waals surface area contributed by atoms with Crippen molar-refractivity contribution in [2.45, 2.75) is 58.2 Å². The third-order valence-electron chi connectivity index (χ3n) is 2.54. The molecule has 0 bridgehead atoms. The minimum atomic E-state index is -0.171. The van der Waals surface area contributed by atoms with E-state index in [1.165, 1.54) is 0 Å². The number of ether oxygens (including phenoxy) is 1. The van der Waals surface area contributed by atoms with Gasteiger partial charge in [0.05, 0.1) is 12.6 Å². The maximum atomic E-state index is 11.8. The van der Waals surface area contributed by atoms with Crippen LogP contribution < -0.4 is 10.6 Å². The van der Waals surface area contributed by atoms with Gasteiger partial charge in [-0.25, -0.2) is 0 Å². The van der Waals surface area contributed by atoms with Crippen LogP contribution in [0.5, 0.6) is 0 Å². The molecule has 1 saturated heterocycles. The molecule has 1 rings (SSSR count). The van der Waals surface area contributed by atoms with Crippen LogP contribution in [0.3, 0.4) is 0 Å². The van der Waals surface area contributed by atoms with Gasteiger partial charge in [-0.1, -0.05) is 0 Å². The lowest BCUT2D eigenvalue weighted by Gasteiger charge is -2.28. The van der Waals surface area contributed by atoms with Gasteiger partial charge in [0.2, 0.25) is 5.91 Å². The van der Waals surface area contributed by atoms with Gasteiger partial charge in [0, 0.05) is 18.2 Å². The third kappa shape index (κ3) is 4.94. The van der Waals surface area contributed by atoms with Crippen molar-refractivity contribution in [1.29, 1.82) is 0 Å². The fourth-order valence-corrected chi connectivity index (χ4v) is 1.78. The van der Waals surface area contributed by atoms with Crippen molar-refractivity contribution in [3.05, 3.63) is 0 Å². The maximum Gasteiger partial charge on any atom is 0.237 e. The standard InChI is InChI=1S/C12H24N2O2/c1-9(11(15)14-12(2,3)4)13-10-6-5-7-16-8-10/h9-10,13H,5-8H2,1-4H3,(H,14,15). The summed E-state index contributed by atoms with van der Waals surface area (Å²) in [5.41, 5.74) is -0.171. The lowest BCUT2D eigenvalue weighted by molar-refractivity contribution is -0.124. The summed E-state index contributed by atoms with van der Waals surface area (Å²) in [5.74, 6) is 0.0538. The largest absolute Gasteiger partial charge is 0.380 e. The molecule has 1 aliphatic heterocycles. The molecule has 2 unspecified atom stereocenters. The number of hydrogen-bond acceptors (Lipinski definition) is 3. The molecule has 4 nitrogen and oxygen atoms in total. The van der Waals surface area contributed by atoms with Crippen LogP contribution in [0.1, 0.15) is 40.5 Å². The van der Waals surface area contributed by atoms with E-state index in [2.05, 4.69) is 10.6 Å². The highest BCUT2D eigenvalue weighted by Crippen LogP contribution is 2.07. The Labute approximate surface area is 98.1 Å². The van der Waals surface area contributed by atoms with Crippen LogP contribution in [0.2, 0.25) is 0 Å². The highest BCUT2D eigenvalue weighted by Gasteiger charge is 2.22. The predicted octanol–water partition coefficient (Wildman–Crippen LogP) is 1.06. The van der Waals surface area contributed by atoms with Crippen LogP contribution in [0.15, 0.2) is 0 Å². The summed E-state index contributed by atoms with van der Waals surface area (Å²) in [7, 11) is 0. The van der Waals surface area contributed by atoms with Crippen molar-refractivity contribution in [3.63, 3.8) is 0 Å². The van der Waals surface area contributed by atoms with E-state index < -0.39 is 0 Å². The number of nitrogens with one attached hydrogen (secondary N) is 2. The van der Waals surface area contributed by atoms with E-state index in [0.29, 0.717) is 12.6 Å². The van der Waals surface area contributed by atoms with Gasteiger partial charge in [-0.3, -0.25) is 4.79 Å². The molecule has 1 heterocycles. The molecule has 0 aromatic heterocycles. The van der Waals surface area contributed by atoms with Crippen LogP contribution in [0, 0.1) is 0 Å². The van der Waals surface area contributed by atoms with Crippen molar-refractivity contribution in [2.24, 2.45) is 0 Å². The molecule has 0 aromatic carbocycles. The van der Waals surface area contributed by atoms with Crippen LogP contribution >= 0.6 is 0 Å². The van der Waals surface area contributed by atoms with E-state index in [0.717, 1.165) is 19.4 Å². The topological polar surface area (TPSA) is 50.4 Å². The average Bonchev–Trinajstić information content (AvgIpc) is 2.16. The summed E-state index contributed by atoms with van der Waals surface area (Å²) >= 11 is 0.